The van der Waals surface area contributed by atoms with Crippen LogP contribution in [-0.2, 0) is 5.41 Å². The van der Waals surface area contributed by atoms with Gasteiger partial charge in [0.05, 0.1) is 28.9 Å². The van der Waals surface area contributed by atoms with Crippen molar-refractivity contribution in [2.45, 2.75) is 132 Å². The predicted octanol–water partition coefficient (Wildman–Crippen LogP) is 12.0. The second kappa shape index (κ2) is 8.94. The molecule has 0 saturated heterocycles. The zero-order valence-corrected chi connectivity index (χ0v) is 30.0. The molecule has 256 valence electrons. The average molecular weight is 668 g/mol. The molecular weight excluding hydrogens is 619 g/mol. The van der Waals surface area contributed by atoms with Gasteiger partial charge in [0.25, 0.3) is 0 Å². The van der Waals surface area contributed by atoms with Gasteiger partial charge in [-0.1, -0.05) is 18.2 Å². The number of fused-ring (bicyclic) bond motifs is 8. The highest BCUT2D eigenvalue weighted by atomic mass is 14.9. The van der Waals surface area contributed by atoms with Gasteiger partial charge in [0.15, 0.2) is 0 Å². The van der Waals surface area contributed by atoms with Gasteiger partial charge >= 0.3 is 0 Å². The molecule has 12 bridgehead atoms. The van der Waals surface area contributed by atoms with Gasteiger partial charge in [-0.15, -0.1) is 0 Å². The first kappa shape index (κ1) is 27.4. The predicted molar refractivity (Wildman–Crippen MR) is 205 cm³/mol. The number of pyridine rings is 2. The van der Waals surface area contributed by atoms with Gasteiger partial charge in [0.2, 0.25) is 0 Å². The van der Waals surface area contributed by atoms with E-state index >= 15 is 0 Å². The van der Waals surface area contributed by atoms with Gasteiger partial charge in [-0.25, -0.2) is 0 Å². The van der Waals surface area contributed by atoms with Crippen molar-refractivity contribution in [3.63, 3.8) is 0 Å². The third-order valence-electron chi connectivity index (χ3n) is 18.1. The van der Waals surface area contributed by atoms with Gasteiger partial charge in [0.1, 0.15) is 0 Å². The van der Waals surface area contributed by atoms with Crippen molar-refractivity contribution in [2.75, 3.05) is 0 Å². The van der Waals surface area contributed by atoms with Crippen molar-refractivity contribution in [3.05, 3.63) is 64.7 Å². The highest BCUT2D eigenvalue weighted by Gasteiger charge is 2.52. The van der Waals surface area contributed by atoms with Gasteiger partial charge < -0.3 is 4.40 Å². The minimum absolute atomic E-state index is 0.419. The third-order valence-corrected chi connectivity index (χ3v) is 18.1. The van der Waals surface area contributed by atoms with E-state index in [-0.39, 0.29) is 0 Å². The van der Waals surface area contributed by atoms with Crippen LogP contribution in [0.4, 0.5) is 0 Å². The molecule has 0 aliphatic heterocycles. The third kappa shape index (κ3) is 3.30. The lowest BCUT2D eigenvalue weighted by molar-refractivity contribution is -0.00512. The molecule has 4 unspecified atom stereocenters. The molecule has 8 saturated carbocycles. The molecular formula is C48H49N3. The fourth-order valence-electron chi connectivity index (χ4n) is 17.3. The number of hydrogen-bond acceptors (Lipinski definition) is 2. The number of benzene rings is 2. The Hall–Kier alpha value is -3.20. The number of rotatable bonds is 1. The fourth-order valence-corrected chi connectivity index (χ4v) is 17.3. The highest BCUT2D eigenvalue weighted by Crippen LogP contribution is 2.63. The van der Waals surface area contributed by atoms with Crippen LogP contribution in [0.3, 0.4) is 0 Å². The second-order valence-corrected chi connectivity index (χ2v) is 20.9. The lowest BCUT2D eigenvalue weighted by Crippen LogP contribution is -2.48. The first-order valence-electron chi connectivity index (χ1n) is 21.6. The maximum atomic E-state index is 5.54. The van der Waals surface area contributed by atoms with Crippen LogP contribution in [0.25, 0.3) is 48.9 Å². The van der Waals surface area contributed by atoms with E-state index in [9.17, 15) is 0 Å². The SMILES string of the molecule is c1cc2c(cc1C13CC4CC(CC(C4)C1)C3)cc1c3c4c(ncc3n3c5cnc6c(c5c2c13)C1CC2CC(CC6C2)C1)C1CC2CC(C1)CC4C2. The number of aromatic nitrogens is 3. The maximum Gasteiger partial charge on any atom is 0.0728 e. The molecule has 3 nitrogen and oxygen atoms in total. The van der Waals surface area contributed by atoms with E-state index < -0.39 is 0 Å². The Labute approximate surface area is 300 Å². The molecule has 18 rings (SSSR count). The minimum atomic E-state index is 0.419. The summed E-state index contributed by atoms with van der Waals surface area (Å²) >= 11 is 0. The van der Waals surface area contributed by atoms with Gasteiger partial charge in [-0.05, 0) is 195 Å². The Morgan fingerprint density at radius 2 is 1.00 bits per heavy atom. The van der Waals surface area contributed by atoms with E-state index in [0.717, 1.165) is 41.4 Å². The Morgan fingerprint density at radius 3 is 1.59 bits per heavy atom. The lowest BCUT2D eigenvalue weighted by atomic mass is 9.48. The summed E-state index contributed by atoms with van der Waals surface area (Å²) in [7, 11) is 0. The topological polar surface area (TPSA) is 30.2 Å². The Bertz CT molecular complexity index is 2490. The zero-order valence-electron chi connectivity index (χ0n) is 30.0. The molecule has 4 atom stereocenters. The van der Waals surface area contributed by atoms with E-state index in [0.29, 0.717) is 29.1 Å². The summed E-state index contributed by atoms with van der Waals surface area (Å²) in [6, 6.07) is 10.7. The number of hydrogen-bond donors (Lipinski definition) is 0. The lowest BCUT2D eigenvalue weighted by Gasteiger charge is -2.57. The van der Waals surface area contributed by atoms with Crippen molar-refractivity contribution in [3.8, 4) is 0 Å². The second-order valence-electron chi connectivity index (χ2n) is 20.9. The van der Waals surface area contributed by atoms with Gasteiger partial charge in [-0.3, -0.25) is 9.97 Å². The quantitative estimate of drug-likeness (QED) is 0.175. The summed E-state index contributed by atoms with van der Waals surface area (Å²) < 4.78 is 2.70. The summed E-state index contributed by atoms with van der Waals surface area (Å²) in [5.74, 6) is 9.21. The standard InChI is InChI=1S/C48H49N3/c1-2-36-30(16-35(1)48-18-27-5-28(19-48)7-29(6-27)20-48)17-37-42-38(21-49-45-33-12-23-3-24(13-33)9-31(8-23)40(42)45)51-39-22-50-46-34-14-25-4-26(15-34)11-32(10-25)41(46)44(39)43(36)47(37)51/h1-2,16-17,21-29,31-34H,3-15,18-20H2. The number of nitrogens with zero attached hydrogens (tertiary/aromatic N) is 3. The largest absolute Gasteiger partial charge is 0.305 e. The van der Waals surface area contributed by atoms with Crippen LogP contribution in [0.1, 0.15) is 154 Å². The minimum Gasteiger partial charge on any atom is -0.305 e. The Kier molecular flexibility index (Phi) is 4.80. The molecule has 0 radical (unpaired) electrons. The Balaban J connectivity index is 1.08. The first-order chi connectivity index (χ1) is 25.1. The fraction of sp³-hybridized carbons (Fsp3) is 0.583. The summed E-state index contributed by atoms with van der Waals surface area (Å²) in [6.45, 7) is 0. The normalized spacial score (nSPS) is 41.1. The van der Waals surface area contributed by atoms with Crippen molar-refractivity contribution in [2.24, 2.45) is 41.4 Å². The van der Waals surface area contributed by atoms with Crippen molar-refractivity contribution < 1.29 is 0 Å². The van der Waals surface area contributed by atoms with Crippen molar-refractivity contribution in [1.29, 1.82) is 0 Å². The van der Waals surface area contributed by atoms with Crippen LogP contribution >= 0.6 is 0 Å². The van der Waals surface area contributed by atoms with E-state index in [1.165, 1.54) is 141 Å². The molecule has 0 amide bonds. The first-order valence-corrected chi connectivity index (χ1v) is 21.6. The van der Waals surface area contributed by atoms with E-state index in [2.05, 4.69) is 41.1 Å². The molecule has 51 heavy (non-hydrogen) atoms. The van der Waals surface area contributed by atoms with Gasteiger partial charge in [0, 0.05) is 44.8 Å². The Morgan fingerprint density at radius 1 is 0.490 bits per heavy atom. The van der Waals surface area contributed by atoms with Crippen LogP contribution in [0.15, 0.2) is 36.7 Å². The highest BCUT2D eigenvalue weighted by molar-refractivity contribution is 6.32. The van der Waals surface area contributed by atoms with Crippen LogP contribution in [0, 0.1) is 41.4 Å². The molecule has 4 aromatic heterocycles. The molecule has 4 heterocycles. The molecule has 0 N–H and O–H groups in total. The van der Waals surface area contributed by atoms with E-state index in [4.69, 9.17) is 9.97 Å². The molecule has 8 fully saturated rings. The summed E-state index contributed by atoms with van der Waals surface area (Å²) in [5.41, 5.74) is 12.7. The molecule has 12 aliphatic carbocycles. The molecule has 6 aromatic rings. The smallest absolute Gasteiger partial charge is 0.0728 e. The summed E-state index contributed by atoms with van der Waals surface area (Å²) in [6.07, 6.45) is 27.6. The monoisotopic (exact) mass is 667 g/mol. The molecule has 12 aliphatic rings. The van der Waals surface area contributed by atoms with Crippen molar-refractivity contribution >= 4 is 48.9 Å². The van der Waals surface area contributed by atoms with Crippen LogP contribution < -0.4 is 0 Å². The molecule has 3 heteroatoms. The van der Waals surface area contributed by atoms with E-state index in [1.54, 1.807) is 38.2 Å². The molecule has 0 spiro atoms. The average Bonchev–Trinajstić information content (AvgIpc) is 3.50. The van der Waals surface area contributed by atoms with E-state index in [1.807, 2.05) is 0 Å². The van der Waals surface area contributed by atoms with Crippen LogP contribution in [0.5, 0.6) is 0 Å². The zero-order chi connectivity index (χ0) is 32.5. The summed E-state index contributed by atoms with van der Waals surface area (Å²) in [4.78, 5) is 11.1. The van der Waals surface area contributed by atoms with Crippen LogP contribution in [-0.4, -0.2) is 14.4 Å². The molecule has 2 aromatic carbocycles. The maximum absolute atomic E-state index is 5.54. The van der Waals surface area contributed by atoms with Gasteiger partial charge in [-0.2, -0.15) is 0 Å². The summed E-state index contributed by atoms with van der Waals surface area (Å²) in [5, 5.41) is 9.31. The van der Waals surface area contributed by atoms with Crippen molar-refractivity contribution in [1.82, 2.24) is 14.4 Å². The van der Waals surface area contributed by atoms with Crippen LogP contribution in [0.2, 0.25) is 0 Å².